The fraction of sp³-hybridized carbons (Fsp3) is 0.333. The summed E-state index contributed by atoms with van der Waals surface area (Å²) in [5, 5.41) is 12.2. The number of rotatable bonds is 6. The van der Waals surface area contributed by atoms with Gasteiger partial charge in [-0.3, -0.25) is 18.6 Å². The summed E-state index contributed by atoms with van der Waals surface area (Å²) in [4.78, 5) is 25.6. The van der Waals surface area contributed by atoms with Gasteiger partial charge >= 0.3 is 0 Å². The predicted octanol–water partition coefficient (Wildman–Crippen LogP) is 3.89. The van der Waals surface area contributed by atoms with Crippen LogP contribution in [0.3, 0.4) is 0 Å². The number of para-hydroxylation sites is 1. The summed E-state index contributed by atoms with van der Waals surface area (Å²) in [6.45, 7) is 8.69. The highest BCUT2D eigenvalue weighted by Crippen LogP contribution is 2.17. The first-order chi connectivity index (χ1) is 14.8. The van der Waals surface area contributed by atoms with Gasteiger partial charge in [0.25, 0.3) is 5.56 Å². The molecule has 1 N–H and O–H groups in total. The Morgan fingerprint density at radius 3 is 2.48 bits per heavy atom. The largest absolute Gasteiger partial charge is 0.326 e. The lowest BCUT2D eigenvalue weighted by Gasteiger charge is -2.13. The van der Waals surface area contributed by atoms with Crippen molar-refractivity contribution in [3.8, 4) is 0 Å². The van der Waals surface area contributed by atoms with Crippen molar-refractivity contribution in [3.63, 3.8) is 0 Å². The number of nitrogens with one attached hydrogen (secondary N) is 1. The lowest BCUT2D eigenvalue weighted by Crippen LogP contribution is -2.25. The molecule has 0 spiro atoms. The summed E-state index contributed by atoms with van der Waals surface area (Å²) in [6, 6.07) is 13.4. The minimum absolute atomic E-state index is 0.0664. The summed E-state index contributed by atoms with van der Waals surface area (Å²) in [5.74, 6) is 1.38. The van der Waals surface area contributed by atoms with Crippen molar-refractivity contribution in [1.82, 2.24) is 19.2 Å². The monoisotopic (exact) mass is 417 g/mol. The van der Waals surface area contributed by atoms with Gasteiger partial charge in [0.2, 0.25) is 11.7 Å². The first-order valence-corrected chi connectivity index (χ1v) is 10.6. The minimum atomic E-state index is -0.0819. The quantitative estimate of drug-likeness (QED) is 0.516. The van der Waals surface area contributed by atoms with E-state index in [0.717, 1.165) is 22.3 Å². The van der Waals surface area contributed by atoms with E-state index in [4.69, 9.17) is 0 Å². The lowest BCUT2D eigenvalue weighted by molar-refractivity contribution is -0.116. The molecule has 1 amide bonds. The Morgan fingerprint density at radius 2 is 1.77 bits per heavy atom. The van der Waals surface area contributed by atoms with E-state index in [-0.39, 0.29) is 23.8 Å². The molecule has 2 aromatic heterocycles. The van der Waals surface area contributed by atoms with E-state index in [0.29, 0.717) is 30.0 Å². The van der Waals surface area contributed by atoms with Gasteiger partial charge in [-0.1, -0.05) is 32.0 Å². The molecule has 4 aromatic rings. The third-order valence-electron chi connectivity index (χ3n) is 5.20. The molecule has 0 unspecified atom stereocenters. The third-order valence-corrected chi connectivity index (χ3v) is 5.20. The number of carbonyl (C=O) groups excluding carboxylic acids is 1. The van der Waals surface area contributed by atoms with Crippen molar-refractivity contribution >= 4 is 28.3 Å². The number of fused-ring (bicyclic) bond motifs is 3. The van der Waals surface area contributed by atoms with Gasteiger partial charge in [-0.15, -0.1) is 10.2 Å². The molecule has 2 heterocycles. The maximum absolute atomic E-state index is 13.0. The molecule has 0 aliphatic carbocycles. The van der Waals surface area contributed by atoms with E-state index < -0.39 is 0 Å². The van der Waals surface area contributed by atoms with Crippen LogP contribution in [0.4, 0.5) is 5.69 Å². The first kappa shape index (κ1) is 20.8. The molecule has 0 saturated carbocycles. The number of hydrogen-bond acceptors (Lipinski definition) is 4. The van der Waals surface area contributed by atoms with Crippen molar-refractivity contribution in [2.45, 2.75) is 47.1 Å². The molecular formula is C24H27N5O2. The maximum atomic E-state index is 13.0. The summed E-state index contributed by atoms with van der Waals surface area (Å²) in [6.07, 6.45) is 0.688. The van der Waals surface area contributed by atoms with Crippen molar-refractivity contribution in [2.24, 2.45) is 5.92 Å². The Balaban J connectivity index is 1.66. The van der Waals surface area contributed by atoms with Crippen LogP contribution in [0.15, 0.2) is 47.3 Å². The highest BCUT2D eigenvalue weighted by Gasteiger charge is 2.17. The van der Waals surface area contributed by atoms with Crippen LogP contribution in [0.1, 0.15) is 37.2 Å². The number of hydrogen-bond donors (Lipinski definition) is 1. The topological polar surface area (TPSA) is 81.3 Å². The second-order valence-corrected chi connectivity index (χ2v) is 8.50. The van der Waals surface area contributed by atoms with Gasteiger partial charge in [0, 0.05) is 25.1 Å². The summed E-state index contributed by atoms with van der Waals surface area (Å²) < 4.78 is 3.59. The van der Waals surface area contributed by atoms with Gasteiger partial charge in [-0.25, -0.2) is 0 Å². The van der Waals surface area contributed by atoms with Crippen molar-refractivity contribution < 1.29 is 4.79 Å². The molecule has 0 atom stereocenters. The fourth-order valence-corrected chi connectivity index (χ4v) is 4.00. The van der Waals surface area contributed by atoms with E-state index in [1.807, 2.05) is 54.6 Å². The average Bonchev–Trinajstić information content (AvgIpc) is 3.12. The molecule has 160 valence electrons. The van der Waals surface area contributed by atoms with Crippen molar-refractivity contribution in [3.05, 3.63) is 69.8 Å². The van der Waals surface area contributed by atoms with Gasteiger partial charge in [-0.2, -0.15) is 0 Å². The minimum Gasteiger partial charge on any atom is -0.326 e. The summed E-state index contributed by atoms with van der Waals surface area (Å²) in [5.41, 5.74) is 3.70. The second-order valence-electron chi connectivity index (χ2n) is 8.50. The van der Waals surface area contributed by atoms with Gasteiger partial charge in [0.05, 0.1) is 10.9 Å². The molecule has 0 fully saturated rings. The Hall–Kier alpha value is -3.48. The number of nitrogens with zero attached hydrogens (tertiary/aromatic N) is 4. The molecule has 0 aliphatic rings. The molecule has 2 aromatic carbocycles. The normalized spacial score (nSPS) is 11.5. The zero-order valence-corrected chi connectivity index (χ0v) is 18.3. The van der Waals surface area contributed by atoms with Crippen LogP contribution >= 0.6 is 0 Å². The van der Waals surface area contributed by atoms with Crippen LogP contribution in [0.25, 0.3) is 16.7 Å². The highest BCUT2D eigenvalue weighted by molar-refractivity contribution is 5.91. The Morgan fingerprint density at radius 1 is 1.06 bits per heavy atom. The van der Waals surface area contributed by atoms with E-state index in [2.05, 4.69) is 35.4 Å². The Kier molecular flexibility index (Phi) is 5.59. The van der Waals surface area contributed by atoms with Crippen LogP contribution in [-0.4, -0.2) is 25.1 Å². The molecule has 7 heteroatoms. The second kappa shape index (κ2) is 8.34. The van der Waals surface area contributed by atoms with Gasteiger partial charge in [0.1, 0.15) is 5.82 Å². The Labute approximate surface area is 180 Å². The van der Waals surface area contributed by atoms with E-state index >= 15 is 0 Å². The SMILES string of the molecule is Cc1cc(C)cc(NC(=O)CCc2nnc3n(CC(C)C)c(=O)c4ccccc4n23)c1. The molecule has 0 saturated heterocycles. The van der Waals surface area contributed by atoms with Crippen LogP contribution in [-0.2, 0) is 17.8 Å². The standard InChI is InChI=1S/C24H27N5O2/c1-15(2)14-28-23(31)19-7-5-6-8-20(19)29-21(26-27-24(28)29)9-10-22(30)25-18-12-16(3)11-17(4)13-18/h5-8,11-13,15H,9-10,14H2,1-4H3,(H,25,30). The predicted molar refractivity (Wildman–Crippen MR) is 122 cm³/mol. The third kappa shape index (κ3) is 4.21. The number of carbonyl (C=O) groups is 1. The maximum Gasteiger partial charge on any atom is 0.262 e. The Bertz CT molecular complexity index is 1310. The molecule has 0 radical (unpaired) electrons. The molecule has 31 heavy (non-hydrogen) atoms. The summed E-state index contributed by atoms with van der Waals surface area (Å²) >= 11 is 0. The first-order valence-electron chi connectivity index (χ1n) is 10.6. The smallest absolute Gasteiger partial charge is 0.262 e. The molecule has 7 nitrogen and oxygen atoms in total. The highest BCUT2D eigenvalue weighted by atomic mass is 16.1. The van der Waals surface area contributed by atoms with Crippen molar-refractivity contribution in [2.75, 3.05) is 5.32 Å². The molecule has 0 aliphatic heterocycles. The van der Waals surface area contributed by atoms with Gasteiger partial charge < -0.3 is 5.32 Å². The number of anilines is 1. The fourth-order valence-electron chi connectivity index (χ4n) is 4.00. The van der Waals surface area contributed by atoms with E-state index in [1.54, 1.807) is 4.57 Å². The zero-order valence-electron chi connectivity index (χ0n) is 18.3. The van der Waals surface area contributed by atoms with Crippen LogP contribution < -0.4 is 10.9 Å². The van der Waals surface area contributed by atoms with E-state index in [9.17, 15) is 9.59 Å². The van der Waals surface area contributed by atoms with Gasteiger partial charge in [0.15, 0.2) is 0 Å². The van der Waals surface area contributed by atoms with Crippen molar-refractivity contribution in [1.29, 1.82) is 0 Å². The number of aromatic nitrogens is 4. The van der Waals surface area contributed by atoms with Gasteiger partial charge in [-0.05, 0) is 55.2 Å². The van der Waals surface area contributed by atoms with Crippen LogP contribution in [0.5, 0.6) is 0 Å². The summed E-state index contributed by atoms with van der Waals surface area (Å²) in [7, 11) is 0. The number of benzene rings is 2. The molecule has 0 bridgehead atoms. The van der Waals surface area contributed by atoms with Crippen LogP contribution in [0.2, 0.25) is 0 Å². The molecule has 4 rings (SSSR count). The van der Waals surface area contributed by atoms with Crippen LogP contribution in [0, 0.1) is 19.8 Å². The molecular weight excluding hydrogens is 390 g/mol. The number of aryl methyl sites for hydroxylation is 3. The number of amides is 1. The lowest BCUT2D eigenvalue weighted by atomic mass is 10.1. The van der Waals surface area contributed by atoms with E-state index in [1.165, 1.54) is 0 Å². The zero-order chi connectivity index (χ0) is 22.1. The average molecular weight is 418 g/mol.